The highest BCUT2D eigenvalue weighted by atomic mass is 16.1. The van der Waals surface area contributed by atoms with Gasteiger partial charge in [-0.15, -0.1) is 0 Å². The van der Waals surface area contributed by atoms with Gasteiger partial charge < -0.3 is 5.32 Å². The summed E-state index contributed by atoms with van der Waals surface area (Å²) in [7, 11) is 0. The lowest BCUT2D eigenvalue weighted by molar-refractivity contribution is 0.0940. The van der Waals surface area contributed by atoms with E-state index in [0.29, 0.717) is 25.1 Å². The summed E-state index contributed by atoms with van der Waals surface area (Å²) >= 11 is 0. The lowest BCUT2D eigenvalue weighted by Crippen LogP contribution is -2.33. The second-order valence-corrected chi connectivity index (χ2v) is 6.36. The molecule has 128 valence electrons. The normalized spacial score (nSPS) is 13.8. The molecule has 1 aliphatic rings. The number of carbonyl (C=O) groups excluding carboxylic acids is 1. The van der Waals surface area contributed by atoms with E-state index in [0.717, 1.165) is 40.1 Å². The molecular weight excluding hydrogens is 328 g/mol. The molecule has 0 aromatic carbocycles. The number of amides is 1. The molecule has 5 rings (SSSR count). The van der Waals surface area contributed by atoms with Gasteiger partial charge in [-0.25, -0.2) is 14.5 Å². The maximum atomic E-state index is 11.9. The molecule has 4 aromatic rings. The van der Waals surface area contributed by atoms with E-state index < -0.39 is 0 Å². The third-order valence-corrected chi connectivity index (χ3v) is 4.66. The van der Waals surface area contributed by atoms with Crippen LogP contribution in [-0.4, -0.2) is 37.0 Å². The lowest BCUT2D eigenvalue weighted by atomic mass is 10.0. The van der Waals surface area contributed by atoms with Crippen molar-refractivity contribution in [1.82, 2.24) is 29.9 Å². The summed E-state index contributed by atoms with van der Waals surface area (Å²) in [5.74, 6) is 0.670. The van der Waals surface area contributed by atoms with Crippen molar-refractivity contribution in [3.8, 4) is 0 Å². The molecule has 4 aromatic heterocycles. The van der Waals surface area contributed by atoms with Crippen LogP contribution in [0.1, 0.15) is 27.6 Å². The maximum absolute atomic E-state index is 11.9. The highest BCUT2D eigenvalue weighted by Gasteiger charge is 2.18. The second kappa shape index (κ2) is 5.87. The number of aromatic nitrogens is 5. The number of aryl methyl sites for hydroxylation is 2. The van der Waals surface area contributed by atoms with Crippen LogP contribution in [0.4, 0.5) is 0 Å². The van der Waals surface area contributed by atoms with Gasteiger partial charge in [-0.1, -0.05) is 6.07 Å². The van der Waals surface area contributed by atoms with Crippen LogP contribution < -0.4 is 5.32 Å². The van der Waals surface area contributed by atoms with Gasteiger partial charge in [-0.2, -0.15) is 5.10 Å². The quantitative estimate of drug-likeness (QED) is 0.612. The van der Waals surface area contributed by atoms with Crippen molar-refractivity contribution in [2.45, 2.75) is 19.3 Å². The minimum Gasteiger partial charge on any atom is -0.350 e. The van der Waals surface area contributed by atoms with E-state index in [-0.39, 0.29) is 5.91 Å². The van der Waals surface area contributed by atoms with Crippen molar-refractivity contribution in [3.63, 3.8) is 0 Å². The summed E-state index contributed by atoms with van der Waals surface area (Å²) in [4.78, 5) is 25.5. The highest BCUT2D eigenvalue weighted by molar-refractivity contribution is 5.94. The standard InChI is InChI=1S/C19H16N6O/c26-19-17-12(7-10-21-19)3-4-13(22-17)5-6-16-23-18-14-2-1-9-20-15(14)8-11-25(18)24-16/h1-4,8-9,11H,5-7,10H2,(H,21,26). The van der Waals surface area contributed by atoms with Crippen LogP contribution in [0.2, 0.25) is 0 Å². The van der Waals surface area contributed by atoms with Gasteiger partial charge in [0.2, 0.25) is 0 Å². The summed E-state index contributed by atoms with van der Waals surface area (Å²) in [6.07, 6.45) is 5.84. The number of carbonyl (C=O) groups is 1. The van der Waals surface area contributed by atoms with Crippen LogP contribution in [0.15, 0.2) is 42.7 Å². The fourth-order valence-corrected chi connectivity index (χ4v) is 3.34. The molecule has 7 heteroatoms. The average molecular weight is 344 g/mol. The van der Waals surface area contributed by atoms with Gasteiger partial charge in [0.25, 0.3) is 5.91 Å². The molecule has 1 aliphatic heterocycles. The first-order chi connectivity index (χ1) is 12.8. The van der Waals surface area contributed by atoms with Crippen LogP contribution in [0.3, 0.4) is 0 Å². The first-order valence-corrected chi connectivity index (χ1v) is 8.64. The monoisotopic (exact) mass is 344 g/mol. The third-order valence-electron chi connectivity index (χ3n) is 4.66. The van der Waals surface area contributed by atoms with Crippen LogP contribution in [0.25, 0.3) is 16.6 Å². The van der Waals surface area contributed by atoms with Gasteiger partial charge in [0.05, 0.1) is 5.52 Å². The zero-order valence-corrected chi connectivity index (χ0v) is 14.0. The van der Waals surface area contributed by atoms with Gasteiger partial charge in [0.1, 0.15) is 5.69 Å². The topological polar surface area (TPSA) is 85.1 Å². The molecule has 0 radical (unpaired) electrons. The zero-order chi connectivity index (χ0) is 17.5. The summed E-state index contributed by atoms with van der Waals surface area (Å²) in [5, 5.41) is 8.37. The molecule has 0 unspecified atom stereocenters. The fraction of sp³-hybridized carbons (Fsp3) is 0.211. The molecule has 0 atom stereocenters. The SMILES string of the molecule is O=C1NCCc2ccc(CCc3nc4c5cccnc5ccn4n3)nc21. The van der Waals surface area contributed by atoms with Crippen LogP contribution in [0.5, 0.6) is 0 Å². The maximum Gasteiger partial charge on any atom is 0.270 e. The molecule has 0 saturated heterocycles. The molecular formula is C19H16N6O. The number of nitrogens with one attached hydrogen (secondary N) is 1. The molecule has 7 nitrogen and oxygen atoms in total. The van der Waals surface area contributed by atoms with E-state index in [2.05, 4.69) is 25.4 Å². The molecule has 0 aliphatic carbocycles. The van der Waals surface area contributed by atoms with Crippen molar-refractivity contribution < 1.29 is 4.79 Å². The zero-order valence-electron chi connectivity index (χ0n) is 14.0. The first-order valence-electron chi connectivity index (χ1n) is 8.64. The number of hydrogen-bond acceptors (Lipinski definition) is 5. The average Bonchev–Trinajstić information content (AvgIpc) is 3.10. The Kier molecular flexibility index (Phi) is 3.38. The highest BCUT2D eigenvalue weighted by Crippen LogP contribution is 2.17. The molecule has 0 spiro atoms. The summed E-state index contributed by atoms with van der Waals surface area (Å²) < 4.78 is 1.78. The minimum atomic E-state index is -0.0853. The van der Waals surface area contributed by atoms with Crippen molar-refractivity contribution in [3.05, 3.63) is 65.5 Å². The Bertz CT molecular complexity index is 1150. The van der Waals surface area contributed by atoms with Crippen molar-refractivity contribution >= 4 is 22.5 Å². The molecule has 0 saturated carbocycles. The molecule has 1 amide bonds. The van der Waals surface area contributed by atoms with E-state index >= 15 is 0 Å². The van der Waals surface area contributed by atoms with E-state index in [1.54, 1.807) is 10.7 Å². The number of hydrogen-bond donors (Lipinski definition) is 1. The fourth-order valence-electron chi connectivity index (χ4n) is 3.34. The molecule has 0 bridgehead atoms. The lowest BCUT2D eigenvalue weighted by Gasteiger charge is -2.15. The summed E-state index contributed by atoms with van der Waals surface area (Å²) in [6.45, 7) is 0.681. The summed E-state index contributed by atoms with van der Waals surface area (Å²) in [5.41, 5.74) is 4.16. The van der Waals surface area contributed by atoms with E-state index in [4.69, 9.17) is 0 Å². The van der Waals surface area contributed by atoms with Crippen LogP contribution in [0, 0.1) is 0 Å². The van der Waals surface area contributed by atoms with E-state index in [1.807, 2.05) is 36.5 Å². The van der Waals surface area contributed by atoms with Gasteiger partial charge in [-0.05, 0) is 42.7 Å². The van der Waals surface area contributed by atoms with E-state index in [1.165, 1.54) is 0 Å². The molecule has 26 heavy (non-hydrogen) atoms. The smallest absolute Gasteiger partial charge is 0.270 e. The van der Waals surface area contributed by atoms with Crippen LogP contribution >= 0.6 is 0 Å². The Hall–Kier alpha value is -3.35. The Morgan fingerprint density at radius 2 is 2.08 bits per heavy atom. The van der Waals surface area contributed by atoms with Crippen molar-refractivity contribution in [2.75, 3.05) is 6.54 Å². The van der Waals surface area contributed by atoms with Gasteiger partial charge in [-0.3, -0.25) is 9.78 Å². The Balaban J connectivity index is 1.42. The minimum absolute atomic E-state index is 0.0853. The van der Waals surface area contributed by atoms with Gasteiger partial charge in [0.15, 0.2) is 11.5 Å². The largest absolute Gasteiger partial charge is 0.350 e. The van der Waals surface area contributed by atoms with Crippen LogP contribution in [-0.2, 0) is 19.3 Å². The Morgan fingerprint density at radius 1 is 1.12 bits per heavy atom. The van der Waals surface area contributed by atoms with Gasteiger partial charge in [0, 0.05) is 36.4 Å². The number of nitrogens with zero attached hydrogens (tertiary/aromatic N) is 5. The molecule has 5 heterocycles. The molecule has 0 fully saturated rings. The predicted octanol–water partition coefficient (Wildman–Crippen LogP) is 1.74. The van der Waals surface area contributed by atoms with E-state index in [9.17, 15) is 4.79 Å². The number of fused-ring (bicyclic) bond motifs is 4. The Morgan fingerprint density at radius 3 is 3.04 bits per heavy atom. The second-order valence-electron chi connectivity index (χ2n) is 6.36. The Labute approximate surface area is 149 Å². The van der Waals surface area contributed by atoms with Crippen molar-refractivity contribution in [1.29, 1.82) is 0 Å². The number of rotatable bonds is 3. The molecule has 1 N–H and O–H groups in total. The van der Waals surface area contributed by atoms with Crippen molar-refractivity contribution in [2.24, 2.45) is 0 Å². The number of pyridine rings is 3. The summed E-state index contributed by atoms with van der Waals surface area (Å²) in [6, 6.07) is 9.84. The first kappa shape index (κ1) is 14.9. The predicted molar refractivity (Wildman–Crippen MR) is 96.0 cm³/mol. The third kappa shape index (κ3) is 2.48. The van der Waals surface area contributed by atoms with Gasteiger partial charge >= 0.3 is 0 Å².